The van der Waals surface area contributed by atoms with Crippen LogP contribution in [-0.4, -0.2) is 70.4 Å². The molecule has 13 nitrogen and oxygen atoms in total. The maximum absolute atomic E-state index is 13.8. The van der Waals surface area contributed by atoms with E-state index >= 15 is 0 Å². The second-order valence-electron chi connectivity index (χ2n) is 12.1. The maximum Gasteiger partial charge on any atom is 0.311 e. The highest BCUT2D eigenvalue weighted by molar-refractivity contribution is 6.44. The van der Waals surface area contributed by atoms with Crippen molar-refractivity contribution in [1.82, 2.24) is 4.98 Å². The average Bonchev–Trinajstić information content (AvgIpc) is 3.07. The number of hydrogen-bond acceptors (Lipinski definition) is 12. The summed E-state index contributed by atoms with van der Waals surface area (Å²) >= 11 is 0. The van der Waals surface area contributed by atoms with E-state index in [1.54, 1.807) is 51.1 Å². The van der Waals surface area contributed by atoms with Crippen molar-refractivity contribution in [1.29, 1.82) is 0 Å². The van der Waals surface area contributed by atoms with Crippen LogP contribution in [0.25, 0.3) is 0 Å². The monoisotopic (exact) mass is 666 g/mol. The van der Waals surface area contributed by atoms with E-state index in [9.17, 15) is 33.6 Å². The van der Waals surface area contributed by atoms with Crippen molar-refractivity contribution >= 4 is 46.7 Å². The number of carboxylic acids is 1. The number of nitrogens with one attached hydrogen (secondary N) is 1. The van der Waals surface area contributed by atoms with Crippen LogP contribution in [0.5, 0.6) is 11.5 Å². The van der Waals surface area contributed by atoms with Gasteiger partial charge in [-0.3, -0.25) is 38.5 Å². The van der Waals surface area contributed by atoms with Gasteiger partial charge in [-0.05, 0) is 31.7 Å². The van der Waals surface area contributed by atoms with E-state index in [0.717, 1.165) is 0 Å². The van der Waals surface area contributed by atoms with E-state index in [-0.39, 0.29) is 42.1 Å². The van der Waals surface area contributed by atoms with E-state index in [0.29, 0.717) is 24.8 Å². The van der Waals surface area contributed by atoms with Crippen LogP contribution in [0.15, 0.2) is 36.5 Å². The maximum atomic E-state index is 13.8. The Hall–Kier alpha value is -4.94. The molecule has 0 radical (unpaired) electrons. The summed E-state index contributed by atoms with van der Waals surface area (Å²) in [6.07, 6.45) is 0.510. The largest absolute Gasteiger partial charge is 0.491 e. The zero-order valence-corrected chi connectivity index (χ0v) is 27.8. The number of anilines is 1. The Labute approximate surface area is 278 Å². The van der Waals surface area contributed by atoms with Crippen molar-refractivity contribution in [2.45, 2.75) is 84.8 Å². The van der Waals surface area contributed by atoms with Gasteiger partial charge in [-0.15, -0.1) is 0 Å². The number of benzene rings is 1. The Kier molecular flexibility index (Phi) is 13.5. The Balaban J connectivity index is 1.92. The number of nitrogens with zero attached hydrogens (tertiary/aromatic N) is 1. The second kappa shape index (κ2) is 17.3. The first kappa shape index (κ1) is 37.5. The molecule has 13 heteroatoms. The molecule has 1 heterocycles. The topological polar surface area (TPSA) is 192 Å². The lowest BCUT2D eigenvalue weighted by Gasteiger charge is -2.29. The molecular formula is C35H42N2O11. The minimum atomic E-state index is -1.52. The molecule has 0 aliphatic heterocycles. The van der Waals surface area contributed by atoms with Crippen LogP contribution in [0.4, 0.5) is 5.69 Å². The number of aliphatic carboxylic acids is 1. The lowest BCUT2D eigenvalue weighted by Crippen LogP contribution is -2.45. The molecule has 1 aliphatic carbocycles. The summed E-state index contributed by atoms with van der Waals surface area (Å²) < 4.78 is 16.7. The summed E-state index contributed by atoms with van der Waals surface area (Å²) in [6, 6.07) is 7.25. The lowest BCUT2D eigenvalue weighted by molar-refractivity contribution is -0.163. The smallest absolute Gasteiger partial charge is 0.311 e. The predicted octanol–water partition coefficient (Wildman–Crippen LogP) is 3.86. The molecule has 1 fully saturated rings. The number of aryl methyl sites for hydroxylation is 1. The van der Waals surface area contributed by atoms with E-state index in [4.69, 9.17) is 19.3 Å². The molecular weight excluding hydrogens is 624 g/mol. The highest BCUT2D eigenvalue weighted by atomic mass is 16.6. The van der Waals surface area contributed by atoms with E-state index < -0.39 is 77.4 Å². The molecule has 3 rings (SSSR count). The van der Waals surface area contributed by atoms with Crippen LogP contribution in [0.3, 0.4) is 0 Å². The number of hydrogen-bond donors (Lipinski definition) is 2. The number of pyridine rings is 1. The molecule has 0 amide bonds. The first-order valence-corrected chi connectivity index (χ1v) is 15.9. The number of methoxy groups -OCH3 is 1. The third-order valence-corrected chi connectivity index (χ3v) is 8.07. The fourth-order valence-electron chi connectivity index (χ4n) is 5.34. The minimum Gasteiger partial charge on any atom is -0.491 e. The van der Waals surface area contributed by atoms with Gasteiger partial charge in [-0.25, -0.2) is 0 Å². The van der Waals surface area contributed by atoms with Gasteiger partial charge in [0.15, 0.2) is 11.5 Å². The molecule has 1 aromatic carbocycles. The highest BCUT2D eigenvalue weighted by Gasteiger charge is 2.46. The van der Waals surface area contributed by atoms with Crippen molar-refractivity contribution in [2.24, 2.45) is 17.8 Å². The van der Waals surface area contributed by atoms with E-state index in [2.05, 4.69) is 10.3 Å². The predicted molar refractivity (Wildman–Crippen MR) is 171 cm³/mol. The second-order valence-corrected chi connectivity index (χ2v) is 12.1. The van der Waals surface area contributed by atoms with Gasteiger partial charge >= 0.3 is 17.9 Å². The summed E-state index contributed by atoms with van der Waals surface area (Å²) in [4.78, 5) is 94.9. The molecule has 0 saturated heterocycles. The summed E-state index contributed by atoms with van der Waals surface area (Å²) in [5.41, 5.74) is 0.966. The van der Waals surface area contributed by atoms with Crippen molar-refractivity contribution < 1.29 is 52.9 Å². The summed E-state index contributed by atoms with van der Waals surface area (Å²) in [7, 11) is 1.29. The van der Waals surface area contributed by atoms with Crippen LogP contribution < -0.4 is 14.8 Å². The van der Waals surface area contributed by atoms with Gasteiger partial charge < -0.3 is 24.6 Å². The zero-order chi connectivity index (χ0) is 35.5. The third-order valence-electron chi connectivity index (χ3n) is 8.07. The number of ketones is 4. The van der Waals surface area contributed by atoms with Gasteiger partial charge in [0.05, 0.1) is 42.4 Å². The average molecular weight is 667 g/mol. The molecule has 2 N–H and O–H groups in total. The number of carboxylic acid groups (broad SMARTS) is 1. The van der Waals surface area contributed by atoms with Crippen molar-refractivity contribution in [3.8, 4) is 11.5 Å². The van der Waals surface area contributed by atoms with Crippen LogP contribution in [-0.2, 0) is 44.7 Å². The van der Waals surface area contributed by atoms with Gasteiger partial charge in [0.25, 0.3) is 0 Å². The van der Waals surface area contributed by atoms with E-state index in [1.807, 2.05) is 0 Å². The molecule has 0 unspecified atom stereocenters. The summed E-state index contributed by atoms with van der Waals surface area (Å²) in [5, 5.41) is 11.6. The van der Waals surface area contributed by atoms with Gasteiger partial charge in [-0.1, -0.05) is 57.5 Å². The first-order valence-electron chi connectivity index (χ1n) is 15.9. The third kappa shape index (κ3) is 9.79. The first-order chi connectivity index (χ1) is 22.7. The zero-order valence-electron chi connectivity index (χ0n) is 27.8. The Morgan fingerprint density at radius 1 is 0.958 bits per heavy atom. The number of carbonyl (C=O) groups excluding carboxylic acids is 6. The molecule has 1 aromatic heterocycles. The number of rotatable bonds is 14. The molecule has 1 aliphatic rings. The number of ether oxygens (including phenoxy) is 3. The van der Waals surface area contributed by atoms with Gasteiger partial charge in [0.1, 0.15) is 12.1 Å². The van der Waals surface area contributed by atoms with Gasteiger partial charge in [-0.2, -0.15) is 0 Å². The Morgan fingerprint density at radius 3 is 2.25 bits per heavy atom. The normalized spacial score (nSPS) is 20.0. The van der Waals surface area contributed by atoms with Crippen LogP contribution in [0, 0.1) is 24.7 Å². The SMILES string of the molecule is COc1c(N[C@H]2CC(=O)C(=O)[C@H](Cc3ccccc3)[C@H](OC(=O)C(C)C)[C@H](C)C(=O)C2=O)cnc(C)c1OC(=O)CCCCCC(=O)O. The summed E-state index contributed by atoms with van der Waals surface area (Å²) in [6.45, 7) is 6.13. The number of unbranched alkanes of at least 4 members (excludes halogenated alkanes) is 2. The standard InChI is InChI=1S/C35H42N2O11/c1-19(2)35(45)48-32-20(3)29(42)31(44)24(17-26(38)30(43)23(32)16-22-12-8-6-9-13-22)37-25-18-36-21(4)33(34(25)46-5)47-28(41)15-11-7-10-14-27(39)40/h6,8-9,12-13,18-20,23-24,32,37H,7,10-11,14-17H2,1-5H3,(H,39,40)/t20-,23+,24+,32-/m1/s1. The number of aromatic nitrogens is 1. The Morgan fingerprint density at radius 2 is 1.62 bits per heavy atom. The molecule has 4 atom stereocenters. The fraction of sp³-hybridized carbons (Fsp3) is 0.486. The van der Waals surface area contributed by atoms with Crippen LogP contribution in [0.1, 0.15) is 70.6 Å². The molecule has 258 valence electrons. The van der Waals surface area contributed by atoms with Crippen molar-refractivity contribution in [3.63, 3.8) is 0 Å². The quantitative estimate of drug-likeness (QED) is 0.168. The molecule has 1 saturated carbocycles. The molecule has 2 aromatic rings. The minimum absolute atomic E-state index is 0.00329. The van der Waals surface area contributed by atoms with Crippen LogP contribution >= 0.6 is 0 Å². The van der Waals surface area contributed by atoms with Crippen molar-refractivity contribution in [2.75, 3.05) is 12.4 Å². The lowest BCUT2D eigenvalue weighted by atomic mass is 9.81. The number of carbonyl (C=O) groups is 7. The Bertz CT molecular complexity index is 1540. The van der Waals surface area contributed by atoms with Crippen molar-refractivity contribution in [3.05, 3.63) is 47.8 Å². The highest BCUT2D eigenvalue weighted by Crippen LogP contribution is 2.38. The number of Topliss-reactive ketones (excluding diaryl/α,β-unsaturated/α-hetero) is 4. The van der Waals surface area contributed by atoms with Crippen LogP contribution in [0.2, 0.25) is 0 Å². The fourth-order valence-corrected chi connectivity index (χ4v) is 5.34. The number of esters is 2. The van der Waals surface area contributed by atoms with Gasteiger partial charge in [0.2, 0.25) is 23.1 Å². The van der Waals surface area contributed by atoms with Gasteiger partial charge in [0, 0.05) is 19.3 Å². The van der Waals surface area contributed by atoms with E-state index in [1.165, 1.54) is 20.2 Å². The summed E-state index contributed by atoms with van der Waals surface area (Å²) in [5.74, 6) is -9.19. The molecule has 0 bridgehead atoms. The molecule has 48 heavy (non-hydrogen) atoms. The molecule has 0 spiro atoms.